The molecule has 2 saturated heterocycles. The van der Waals surface area contributed by atoms with Crippen molar-refractivity contribution in [3.05, 3.63) is 77.6 Å². The quantitative estimate of drug-likeness (QED) is 0.118. The first kappa shape index (κ1) is 39.3. The van der Waals surface area contributed by atoms with Crippen LogP contribution in [0.1, 0.15) is 48.5 Å². The number of fused-ring (bicyclic) bond motifs is 1. The second kappa shape index (κ2) is 16.9. The number of anilines is 1. The number of methoxy groups -OCH3 is 3. The van der Waals surface area contributed by atoms with E-state index in [0.29, 0.717) is 50.5 Å². The second-order valence-electron chi connectivity index (χ2n) is 13.8. The van der Waals surface area contributed by atoms with Crippen molar-refractivity contribution in [1.29, 1.82) is 0 Å². The number of hydrogen-bond donors (Lipinski definition) is 1. The molecule has 1 N–H and O–H groups in total. The fraction of sp³-hybridized carbons (Fsp3) is 0.487. The molecular weight excluding hydrogens is 718 g/mol. The van der Waals surface area contributed by atoms with Gasteiger partial charge in [0.05, 0.1) is 45.2 Å². The van der Waals surface area contributed by atoms with Crippen LogP contribution in [0.4, 0.5) is 10.3 Å². The summed E-state index contributed by atoms with van der Waals surface area (Å²) in [5.74, 6) is 0.829. The lowest BCUT2D eigenvalue weighted by Gasteiger charge is -2.40. The Hall–Kier alpha value is -4.44. The Kier molecular flexibility index (Phi) is 12.3. The van der Waals surface area contributed by atoms with Gasteiger partial charge in [0.25, 0.3) is 16.0 Å². The van der Waals surface area contributed by atoms with Crippen LogP contribution < -0.4 is 19.5 Å². The van der Waals surface area contributed by atoms with E-state index in [1.54, 1.807) is 12.1 Å². The van der Waals surface area contributed by atoms with Crippen LogP contribution in [-0.4, -0.2) is 113 Å². The van der Waals surface area contributed by atoms with Crippen molar-refractivity contribution in [2.24, 2.45) is 0 Å². The van der Waals surface area contributed by atoms with Crippen LogP contribution in [0.25, 0.3) is 11.0 Å². The molecule has 13 nitrogen and oxygen atoms in total. The van der Waals surface area contributed by atoms with Gasteiger partial charge in [-0.25, -0.2) is 13.6 Å². The van der Waals surface area contributed by atoms with Crippen molar-refractivity contribution < 1.29 is 40.7 Å². The fourth-order valence-corrected chi connectivity index (χ4v) is 8.38. The van der Waals surface area contributed by atoms with E-state index in [1.165, 1.54) is 50.5 Å². The lowest BCUT2D eigenvalue weighted by molar-refractivity contribution is 0.0138. The van der Waals surface area contributed by atoms with E-state index in [1.807, 2.05) is 25.1 Å². The number of piperidine rings is 1. The number of benzene rings is 3. The summed E-state index contributed by atoms with van der Waals surface area (Å²) in [5, 5.41) is 3.69. The summed E-state index contributed by atoms with van der Waals surface area (Å²) in [6, 6.07) is 17.4. The first-order valence-electron chi connectivity index (χ1n) is 18.3. The number of nitrogens with one attached hydrogen (secondary N) is 1. The first-order valence-corrected chi connectivity index (χ1v) is 20.1. The molecule has 0 spiro atoms. The third kappa shape index (κ3) is 8.43. The fourth-order valence-electron chi connectivity index (χ4n) is 7.76. The molecule has 292 valence electrons. The SMILES string of the molecule is CCOCCn1c(NC2CCN(CCC3(c4ccc(F)cc4)CCN(C(=O)c4cc(OC)c(OC)c(OC)c4)C3OS(C)(=O)=O)CC2)nc2ccccc21. The molecular formula is C39H50FN5O8S. The van der Waals surface area contributed by atoms with Crippen molar-refractivity contribution in [2.45, 2.75) is 56.8 Å². The van der Waals surface area contributed by atoms with E-state index < -0.39 is 33.5 Å². The van der Waals surface area contributed by atoms with Gasteiger partial charge in [0.15, 0.2) is 17.7 Å². The highest BCUT2D eigenvalue weighted by Gasteiger charge is 2.53. The zero-order chi connectivity index (χ0) is 38.5. The Morgan fingerprint density at radius 3 is 2.28 bits per heavy atom. The maximum atomic E-state index is 14.3. The molecule has 2 aliphatic rings. The smallest absolute Gasteiger partial charge is 0.266 e. The van der Waals surface area contributed by atoms with Crippen molar-refractivity contribution >= 4 is 33.0 Å². The van der Waals surface area contributed by atoms with Gasteiger partial charge >= 0.3 is 0 Å². The number of carbonyl (C=O) groups is 1. The van der Waals surface area contributed by atoms with Gasteiger partial charge in [-0.1, -0.05) is 24.3 Å². The van der Waals surface area contributed by atoms with Crippen molar-refractivity contribution in [3.8, 4) is 17.2 Å². The summed E-state index contributed by atoms with van der Waals surface area (Å²) in [5.41, 5.74) is 1.93. The van der Waals surface area contributed by atoms with Gasteiger partial charge in [0, 0.05) is 49.8 Å². The zero-order valence-corrected chi connectivity index (χ0v) is 32.4. The van der Waals surface area contributed by atoms with Crippen LogP contribution in [0.15, 0.2) is 60.7 Å². The van der Waals surface area contributed by atoms with Crippen molar-refractivity contribution in [2.75, 3.05) is 72.3 Å². The molecule has 6 rings (SSSR count). The number of nitrogens with zero attached hydrogens (tertiary/aromatic N) is 4. The number of imidazole rings is 1. The molecule has 1 amide bonds. The maximum absolute atomic E-state index is 14.3. The van der Waals surface area contributed by atoms with Gasteiger partial charge in [0.1, 0.15) is 5.82 Å². The van der Waals surface area contributed by atoms with E-state index in [-0.39, 0.29) is 29.6 Å². The molecule has 15 heteroatoms. The summed E-state index contributed by atoms with van der Waals surface area (Å²) < 4.78 is 70.2. The molecule has 0 radical (unpaired) electrons. The number of amides is 1. The van der Waals surface area contributed by atoms with E-state index in [9.17, 15) is 17.6 Å². The highest BCUT2D eigenvalue weighted by Crippen LogP contribution is 2.46. The Morgan fingerprint density at radius 2 is 1.65 bits per heavy atom. The molecule has 0 aliphatic carbocycles. The molecule has 2 aliphatic heterocycles. The highest BCUT2D eigenvalue weighted by molar-refractivity contribution is 7.86. The minimum atomic E-state index is -4.06. The molecule has 54 heavy (non-hydrogen) atoms. The summed E-state index contributed by atoms with van der Waals surface area (Å²) in [6.45, 7) is 6.31. The molecule has 1 aromatic heterocycles. The predicted octanol–water partition coefficient (Wildman–Crippen LogP) is 5.29. The molecule has 0 saturated carbocycles. The number of rotatable bonds is 16. The van der Waals surface area contributed by atoms with Crippen molar-refractivity contribution in [3.63, 3.8) is 0 Å². The standard InChI is InChI=1S/C39H50FN5O8S/c1-6-52-24-23-44-32-10-8-7-9-31(32)42-38(44)41-30-15-19-43(20-16-30)21-17-39(28-11-13-29(40)14-12-28)18-22-45(37(39)53-54(5,47)48)36(46)27-25-33(49-2)35(51-4)34(26-27)50-3/h7-14,25-26,30,37H,6,15-24H2,1-5H3,(H,41,42). The van der Waals surface area contributed by atoms with Gasteiger partial charge in [-0.05, 0) is 81.1 Å². The minimum Gasteiger partial charge on any atom is -0.493 e. The highest BCUT2D eigenvalue weighted by atomic mass is 32.2. The van der Waals surface area contributed by atoms with Crippen LogP contribution >= 0.6 is 0 Å². The topological polar surface area (TPSA) is 134 Å². The Balaban J connectivity index is 1.22. The number of hydrogen-bond acceptors (Lipinski definition) is 11. The molecule has 2 fully saturated rings. The van der Waals surface area contributed by atoms with Crippen LogP contribution in [0.5, 0.6) is 17.2 Å². The van der Waals surface area contributed by atoms with Gasteiger partial charge in [-0.3, -0.25) is 4.79 Å². The van der Waals surface area contributed by atoms with E-state index >= 15 is 0 Å². The van der Waals surface area contributed by atoms with E-state index in [4.69, 9.17) is 28.1 Å². The third-order valence-electron chi connectivity index (χ3n) is 10.5. The summed E-state index contributed by atoms with van der Waals surface area (Å²) in [6.07, 6.45) is 2.37. The number of likely N-dealkylation sites (tertiary alicyclic amines) is 2. The van der Waals surface area contributed by atoms with E-state index in [0.717, 1.165) is 49.2 Å². The number of para-hydroxylation sites is 2. The van der Waals surface area contributed by atoms with E-state index in [2.05, 4.69) is 20.9 Å². The monoisotopic (exact) mass is 767 g/mol. The first-order chi connectivity index (χ1) is 26.0. The molecule has 3 aromatic carbocycles. The van der Waals surface area contributed by atoms with Crippen LogP contribution in [0.2, 0.25) is 0 Å². The minimum absolute atomic E-state index is 0.198. The van der Waals surface area contributed by atoms with Gasteiger partial charge < -0.3 is 38.6 Å². The molecule has 3 heterocycles. The Labute approximate surface area is 316 Å². The number of aromatic nitrogens is 2. The molecule has 2 atom stereocenters. The maximum Gasteiger partial charge on any atom is 0.266 e. The average molecular weight is 768 g/mol. The van der Waals surface area contributed by atoms with Crippen LogP contribution in [0.3, 0.4) is 0 Å². The van der Waals surface area contributed by atoms with Crippen LogP contribution in [0, 0.1) is 5.82 Å². The van der Waals surface area contributed by atoms with Gasteiger partial charge in [0.2, 0.25) is 11.7 Å². The number of halogens is 1. The lowest BCUT2D eigenvalue weighted by atomic mass is 9.75. The second-order valence-corrected chi connectivity index (χ2v) is 15.4. The molecule has 2 unspecified atom stereocenters. The third-order valence-corrected chi connectivity index (χ3v) is 11.1. The Bertz CT molecular complexity index is 1990. The number of carbonyl (C=O) groups excluding carboxylic acids is 1. The summed E-state index contributed by atoms with van der Waals surface area (Å²) in [7, 11) is 0.322. The Morgan fingerprint density at radius 1 is 0.963 bits per heavy atom. The van der Waals surface area contributed by atoms with Gasteiger partial charge in [-0.2, -0.15) is 8.42 Å². The average Bonchev–Trinajstić information content (AvgIpc) is 3.70. The zero-order valence-electron chi connectivity index (χ0n) is 31.5. The van der Waals surface area contributed by atoms with Crippen molar-refractivity contribution in [1.82, 2.24) is 19.4 Å². The number of ether oxygens (including phenoxy) is 4. The predicted molar refractivity (Wildman–Crippen MR) is 203 cm³/mol. The summed E-state index contributed by atoms with van der Waals surface area (Å²) in [4.78, 5) is 23.0. The molecule has 0 bridgehead atoms. The lowest BCUT2D eigenvalue weighted by Crippen LogP contribution is -2.50. The van der Waals surface area contributed by atoms with Gasteiger partial charge in [-0.15, -0.1) is 0 Å². The summed E-state index contributed by atoms with van der Waals surface area (Å²) >= 11 is 0. The van der Waals surface area contributed by atoms with Crippen LogP contribution in [-0.2, 0) is 31.0 Å². The molecule has 4 aromatic rings. The largest absolute Gasteiger partial charge is 0.493 e. The normalized spacial score (nSPS) is 19.7.